The van der Waals surface area contributed by atoms with Crippen molar-refractivity contribution in [3.05, 3.63) is 69.4 Å². The van der Waals surface area contributed by atoms with E-state index < -0.39 is 11.2 Å². The predicted octanol–water partition coefficient (Wildman–Crippen LogP) is 3.01. The van der Waals surface area contributed by atoms with Crippen LogP contribution in [-0.2, 0) is 0 Å². The molecule has 130 valence electrons. The number of hydrogen-bond donors (Lipinski definition) is 3. The van der Waals surface area contributed by atoms with Gasteiger partial charge in [0, 0.05) is 10.8 Å². The zero-order chi connectivity index (χ0) is 18.4. The van der Waals surface area contributed by atoms with E-state index in [1.807, 2.05) is 48.5 Å². The molecule has 0 bridgehead atoms. The number of benzene rings is 2. The number of azo groups is 1. The maximum Gasteiger partial charge on any atom is 0.342 e. The van der Waals surface area contributed by atoms with E-state index in [4.69, 9.17) is 4.98 Å². The van der Waals surface area contributed by atoms with Crippen molar-refractivity contribution in [1.82, 2.24) is 25.1 Å². The third kappa shape index (κ3) is 2.41. The van der Waals surface area contributed by atoms with E-state index in [1.54, 1.807) is 0 Å². The summed E-state index contributed by atoms with van der Waals surface area (Å²) in [6.07, 6.45) is 0. The van der Waals surface area contributed by atoms with Gasteiger partial charge in [-0.15, -0.1) is 15.3 Å². The number of H-pyrrole nitrogens is 3. The predicted molar refractivity (Wildman–Crippen MR) is 99.9 cm³/mol. The molecule has 1 aliphatic carbocycles. The van der Waals surface area contributed by atoms with Crippen molar-refractivity contribution < 1.29 is 0 Å². The lowest BCUT2D eigenvalue weighted by Gasteiger charge is -2.04. The van der Waals surface area contributed by atoms with Gasteiger partial charge in [-0.1, -0.05) is 36.4 Å². The molecule has 0 radical (unpaired) electrons. The highest BCUT2D eigenvalue weighted by molar-refractivity contribution is 6.11. The van der Waals surface area contributed by atoms with Crippen LogP contribution in [-0.4, -0.2) is 25.1 Å². The van der Waals surface area contributed by atoms with Crippen LogP contribution in [0.4, 0.5) is 11.5 Å². The summed E-state index contributed by atoms with van der Waals surface area (Å²) in [5.74, 6) is -0.234. The van der Waals surface area contributed by atoms with Gasteiger partial charge in [-0.2, -0.15) is 0 Å². The van der Waals surface area contributed by atoms with Gasteiger partial charge in [0.15, 0.2) is 0 Å². The minimum Gasteiger partial charge on any atom is -0.350 e. The lowest BCUT2D eigenvalue weighted by atomic mass is 10.2. The average Bonchev–Trinajstić information content (AvgIpc) is 2.99. The summed E-state index contributed by atoms with van der Waals surface area (Å²) in [7, 11) is 0. The van der Waals surface area contributed by atoms with Gasteiger partial charge in [-0.25, -0.2) is 14.9 Å². The lowest BCUT2D eigenvalue weighted by molar-refractivity contribution is 0.878. The molecule has 0 atom stereocenters. The van der Waals surface area contributed by atoms with Crippen molar-refractivity contribution in [3.63, 3.8) is 0 Å². The molecule has 2 aliphatic rings. The summed E-state index contributed by atoms with van der Waals surface area (Å²) in [6.45, 7) is 0. The number of rotatable bonds is 2. The van der Waals surface area contributed by atoms with E-state index in [2.05, 4.69) is 30.4 Å². The number of nitrogens with one attached hydrogen (secondary N) is 3. The number of aromatic amines is 3. The summed E-state index contributed by atoms with van der Waals surface area (Å²) < 4.78 is 0. The summed E-state index contributed by atoms with van der Waals surface area (Å²) in [5.41, 5.74) is 2.30. The molecular weight excluding hydrogens is 346 g/mol. The van der Waals surface area contributed by atoms with Crippen LogP contribution in [0, 0.1) is 0 Å². The molecule has 9 nitrogen and oxygen atoms in total. The zero-order valence-corrected chi connectivity index (χ0v) is 13.7. The fourth-order valence-corrected chi connectivity index (χ4v) is 3.05. The Bertz CT molecular complexity index is 1430. The van der Waals surface area contributed by atoms with Crippen LogP contribution in [0.5, 0.6) is 0 Å². The Balaban J connectivity index is 1.79. The van der Waals surface area contributed by atoms with E-state index in [0.29, 0.717) is 11.4 Å². The lowest BCUT2D eigenvalue weighted by Crippen LogP contribution is -2.22. The molecule has 3 aromatic rings. The first-order valence-electron chi connectivity index (χ1n) is 8.10. The van der Waals surface area contributed by atoms with E-state index in [0.717, 1.165) is 27.5 Å². The smallest absolute Gasteiger partial charge is 0.342 e. The highest BCUT2D eigenvalue weighted by Crippen LogP contribution is 2.43. The quantitative estimate of drug-likeness (QED) is 0.419. The number of aromatic nitrogens is 5. The normalized spacial score (nSPS) is 11.9. The van der Waals surface area contributed by atoms with Crippen LogP contribution in [0.1, 0.15) is 0 Å². The van der Waals surface area contributed by atoms with Gasteiger partial charge in [0.1, 0.15) is 5.69 Å². The van der Waals surface area contributed by atoms with Crippen molar-refractivity contribution >= 4 is 33.3 Å². The Morgan fingerprint density at radius 3 is 2.48 bits per heavy atom. The molecule has 2 heterocycles. The number of hydrogen-bond acceptors (Lipinski definition) is 6. The molecule has 1 aliphatic heterocycles. The standard InChI is InChI=1S/C18H11N7O2/c26-17-16(24-25-18(27)21-17)23-22-14-10-6-2-1-5-9(10)13-15(14)20-12-8-4-3-7-11(12)19-13/h1-8,20H,(H2,21,25,26,27). The Morgan fingerprint density at radius 2 is 1.63 bits per heavy atom. The largest absolute Gasteiger partial charge is 0.350 e. The minimum atomic E-state index is -0.713. The molecule has 0 fully saturated rings. The van der Waals surface area contributed by atoms with Crippen LogP contribution < -0.4 is 11.2 Å². The van der Waals surface area contributed by atoms with Crippen molar-refractivity contribution in [1.29, 1.82) is 0 Å². The highest BCUT2D eigenvalue weighted by atomic mass is 16.2. The molecule has 27 heavy (non-hydrogen) atoms. The molecule has 0 saturated carbocycles. The fraction of sp³-hybridized carbons (Fsp3) is 0. The third-order valence-electron chi connectivity index (χ3n) is 4.25. The molecule has 0 spiro atoms. The summed E-state index contributed by atoms with van der Waals surface area (Å²) >= 11 is 0. The SMILES string of the molecule is O=c1[nH]nc(N=Nc2c3[nH]c4ccccc4nc-3c3ccccc23)c(=O)[nH]1. The van der Waals surface area contributed by atoms with E-state index in [1.165, 1.54) is 0 Å². The van der Waals surface area contributed by atoms with Crippen molar-refractivity contribution in [2.75, 3.05) is 0 Å². The van der Waals surface area contributed by atoms with Gasteiger partial charge in [0.25, 0.3) is 5.82 Å². The second-order valence-electron chi connectivity index (χ2n) is 5.90. The van der Waals surface area contributed by atoms with Crippen LogP contribution in [0.15, 0.2) is 68.3 Å². The molecule has 2 aromatic carbocycles. The molecular formula is C18H11N7O2. The van der Waals surface area contributed by atoms with Crippen molar-refractivity contribution in [2.45, 2.75) is 0 Å². The first-order chi connectivity index (χ1) is 13.2. The monoisotopic (exact) mass is 357 g/mol. The first kappa shape index (κ1) is 15.1. The molecule has 9 heteroatoms. The van der Waals surface area contributed by atoms with Gasteiger partial charge in [-0.05, 0) is 12.1 Å². The summed E-state index contributed by atoms with van der Waals surface area (Å²) in [6, 6.07) is 15.4. The van der Waals surface area contributed by atoms with E-state index in [9.17, 15) is 9.59 Å². The Morgan fingerprint density at radius 1 is 0.852 bits per heavy atom. The van der Waals surface area contributed by atoms with Crippen LogP contribution in [0.3, 0.4) is 0 Å². The maximum atomic E-state index is 11.8. The minimum absolute atomic E-state index is 0.234. The molecule has 5 rings (SSSR count). The van der Waals surface area contributed by atoms with Gasteiger partial charge in [0.2, 0.25) is 0 Å². The molecule has 3 N–H and O–H groups in total. The Labute approximate surface area is 150 Å². The average molecular weight is 357 g/mol. The first-order valence-corrected chi connectivity index (χ1v) is 8.10. The van der Waals surface area contributed by atoms with Crippen LogP contribution in [0.25, 0.3) is 33.2 Å². The second-order valence-corrected chi connectivity index (χ2v) is 5.90. The Hall–Kier alpha value is -4.14. The zero-order valence-electron chi connectivity index (χ0n) is 13.7. The van der Waals surface area contributed by atoms with Crippen molar-refractivity contribution in [2.24, 2.45) is 10.2 Å². The second kappa shape index (κ2) is 5.70. The Kier molecular flexibility index (Phi) is 3.20. The number of nitrogens with zero attached hydrogens (tertiary/aromatic N) is 4. The molecule has 0 unspecified atom stereocenters. The van der Waals surface area contributed by atoms with E-state index >= 15 is 0 Å². The number of para-hydroxylation sites is 2. The fourth-order valence-electron chi connectivity index (χ4n) is 3.05. The maximum absolute atomic E-state index is 11.8. The van der Waals surface area contributed by atoms with Crippen LogP contribution >= 0.6 is 0 Å². The van der Waals surface area contributed by atoms with Gasteiger partial charge in [0.05, 0.1) is 22.4 Å². The molecule has 1 aromatic heterocycles. The molecule has 0 saturated heterocycles. The molecule has 0 amide bonds. The van der Waals surface area contributed by atoms with Crippen molar-refractivity contribution in [3.8, 4) is 11.4 Å². The van der Waals surface area contributed by atoms with E-state index in [-0.39, 0.29) is 5.82 Å². The third-order valence-corrected chi connectivity index (χ3v) is 4.25. The summed E-state index contributed by atoms with van der Waals surface area (Å²) in [5, 5.41) is 15.7. The topological polar surface area (TPSA) is 132 Å². The number of fused-ring (bicyclic) bond motifs is 4. The van der Waals surface area contributed by atoms with Gasteiger partial charge in [-0.3, -0.25) is 9.78 Å². The van der Waals surface area contributed by atoms with Gasteiger partial charge >= 0.3 is 11.2 Å². The van der Waals surface area contributed by atoms with Crippen LogP contribution in [0.2, 0.25) is 0 Å². The summed E-state index contributed by atoms with van der Waals surface area (Å²) in [4.78, 5) is 33.0. The highest BCUT2D eigenvalue weighted by Gasteiger charge is 2.20. The van der Waals surface area contributed by atoms with Gasteiger partial charge < -0.3 is 4.98 Å².